The third-order valence-electron chi connectivity index (χ3n) is 2.65. The first-order valence-corrected chi connectivity index (χ1v) is 6.24. The third kappa shape index (κ3) is 7.46. The molecule has 16 heavy (non-hydrogen) atoms. The molecule has 0 spiro atoms. The predicted molar refractivity (Wildman–Crippen MR) is 67.6 cm³/mol. The maximum atomic E-state index is 10.7. The molecular formula is C13H25NO2. The standard InChI is InChI=1S/C13H25NO2/c1-4-6-9-14(10-7-5-2)11-8-12(3)13(15)16/h8H,4-7,9-11H2,1-3H3,(H,15,16)/b12-8+. The summed E-state index contributed by atoms with van der Waals surface area (Å²) in [5.74, 6) is -0.814. The van der Waals surface area contributed by atoms with Gasteiger partial charge in [0.2, 0.25) is 0 Å². The van der Waals surface area contributed by atoms with E-state index in [0.717, 1.165) is 19.6 Å². The minimum atomic E-state index is -0.814. The molecule has 0 saturated heterocycles. The van der Waals surface area contributed by atoms with Gasteiger partial charge in [-0.2, -0.15) is 0 Å². The van der Waals surface area contributed by atoms with E-state index < -0.39 is 5.97 Å². The van der Waals surface area contributed by atoms with Crippen molar-refractivity contribution in [2.24, 2.45) is 0 Å². The normalized spacial score (nSPS) is 12.1. The van der Waals surface area contributed by atoms with Crippen molar-refractivity contribution in [1.82, 2.24) is 4.90 Å². The Morgan fingerprint density at radius 1 is 1.19 bits per heavy atom. The van der Waals surface area contributed by atoms with Gasteiger partial charge in [0.05, 0.1) is 0 Å². The lowest BCUT2D eigenvalue weighted by Gasteiger charge is -2.20. The van der Waals surface area contributed by atoms with Crippen LogP contribution in [0.15, 0.2) is 11.6 Å². The number of unbranched alkanes of at least 4 members (excludes halogenated alkanes) is 2. The van der Waals surface area contributed by atoms with E-state index in [1.807, 2.05) is 6.08 Å². The average molecular weight is 227 g/mol. The molecule has 0 aliphatic carbocycles. The highest BCUT2D eigenvalue weighted by atomic mass is 16.4. The Hall–Kier alpha value is -0.830. The number of carbonyl (C=O) groups is 1. The molecule has 0 unspecified atom stereocenters. The highest BCUT2D eigenvalue weighted by Crippen LogP contribution is 2.01. The Morgan fingerprint density at radius 2 is 1.69 bits per heavy atom. The van der Waals surface area contributed by atoms with E-state index in [4.69, 9.17) is 5.11 Å². The van der Waals surface area contributed by atoms with E-state index in [-0.39, 0.29) is 0 Å². The van der Waals surface area contributed by atoms with Gasteiger partial charge in [-0.15, -0.1) is 0 Å². The Bertz CT molecular complexity index is 216. The van der Waals surface area contributed by atoms with Gasteiger partial charge in [0.25, 0.3) is 0 Å². The van der Waals surface area contributed by atoms with Crippen LogP contribution in [0.4, 0.5) is 0 Å². The van der Waals surface area contributed by atoms with Crippen LogP contribution in [0.1, 0.15) is 46.5 Å². The molecule has 0 saturated carbocycles. The van der Waals surface area contributed by atoms with Crippen molar-refractivity contribution in [3.05, 3.63) is 11.6 Å². The van der Waals surface area contributed by atoms with Crippen LogP contribution in [-0.2, 0) is 4.79 Å². The summed E-state index contributed by atoms with van der Waals surface area (Å²) in [6.07, 6.45) is 6.55. The number of nitrogens with zero attached hydrogens (tertiary/aromatic N) is 1. The van der Waals surface area contributed by atoms with Crippen LogP contribution in [0, 0.1) is 0 Å². The molecular weight excluding hydrogens is 202 g/mol. The van der Waals surface area contributed by atoms with Gasteiger partial charge < -0.3 is 5.11 Å². The lowest BCUT2D eigenvalue weighted by atomic mass is 10.2. The second kappa shape index (κ2) is 9.40. The summed E-state index contributed by atoms with van der Waals surface area (Å²) in [5.41, 5.74) is 0.443. The molecule has 0 aromatic carbocycles. The largest absolute Gasteiger partial charge is 0.478 e. The van der Waals surface area contributed by atoms with Gasteiger partial charge in [-0.3, -0.25) is 4.90 Å². The number of hydrogen-bond donors (Lipinski definition) is 1. The molecule has 0 bridgehead atoms. The number of carboxylic acids is 1. The summed E-state index contributed by atoms with van der Waals surface area (Å²) in [6.45, 7) is 8.91. The number of carboxylic acid groups (broad SMARTS) is 1. The molecule has 94 valence electrons. The van der Waals surface area contributed by atoms with E-state index in [1.54, 1.807) is 6.92 Å². The van der Waals surface area contributed by atoms with Crippen molar-refractivity contribution in [2.75, 3.05) is 19.6 Å². The van der Waals surface area contributed by atoms with Crippen LogP contribution < -0.4 is 0 Å². The van der Waals surface area contributed by atoms with Crippen molar-refractivity contribution < 1.29 is 9.90 Å². The molecule has 1 N–H and O–H groups in total. The lowest BCUT2D eigenvalue weighted by Crippen LogP contribution is -2.26. The summed E-state index contributed by atoms with van der Waals surface area (Å²) in [5, 5.41) is 8.76. The van der Waals surface area contributed by atoms with Gasteiger partial charge in [0, 0.05) is 12.1 Å². The third-order valence-corrected chi connectivity index (χ3v) is 2.65. The fraction of sp³-hybridized carbons (Fsp3) is 0.769. The first kappa shape index (κ1) is 15.2. The molecule has 3 nitrogen and oxygen atoms in total. The second-order valence-corrected chi connectivity index (χ2v) is 4.20. The van der Waals surface area contributed by atoms with Crippen molar-refractivity contribution in [2.45, 2.75) is 46.5 Å². The lowest BCUT2D eigenvalue weighted by molar-refractivity contribution is -0.132. The molecule has 0 aromatic rings. The number of aliphatic carboxylic acids is 1. The average Bonchev–Trinajstić information content (AvgIpc) is 2.27. The molecule has 0 aliphatic rings. The minimum Gasteiger partial charge on any atom is -0.478 e. The molecule has 0 heterocycles. The van der Waals surface area contributed by atoms with Gasteiger partial charge in [-0.05, 0) is 32.9 Å². The summed E-state index contributed by atoms with van der Waals surface area (Å²) in [6, 6.07) is 0. The topological polar surface area (TPSA) is 40.5 Å². The van der Waals surface area contributed by atoms with Gasteiger partial charge in [0.1, 0.15) is 0 Å². The van der Waals surface area contributed by atoms with Gasteiger partial charge in [-0.25, -0.2) is 4.79 Å². The van der Waals surface area contributed by atoms with E-state index in [1.165, 1.54) is 25.7 Å². The van der Waals surface area contributed by atoms with Crippen LogP contribution in [0.5, 0.6) is 0 Å². The van der Waals surface area contributed by atoms with Crippen LogP contribution in [-0.4, -0.2) is 35.6 Å². The Balaban J connectivity index is 4.08. The highest BCUT2D eigenvalue weighted by Gasteiger charge is 2.04. The molecule has 3 heteroatoms. The van der Waals surface area contributed by atoms with E-state index >= 15 is 0 Å². The van der Waals surface area contributed by atoms with Gasteiger partial charge in [-0.1, -0.05) is 32.8 Å². The van der Waals surface area contributed by atoms with Crippen molar-refractivity contribution >= 4 is 5.97 Å². The first-order valence-electron chi connectivity index (χ1n) is 6.24. The zero-order chi connectivity index (χ0) is 12.4. The van der Waals surface area contributed by atoms with Gasteiger partial charge >= 0.3 is 5.97 Å². The molecule has 0 rings (SSSR count). The summed E-state index contributed by atoms with van der Waals surface area (Å²) in [4.78, 5) is 13.0. The number of hydrogen-bond acceptors (Lipinski definition) is 2. The number of rotatable bonds is 9. The smallest absolute Gasteiger partial charge is 0.330 e. The van der Waals surface area contributed by atoms with E-state index in [9.17, 15) is 4.79 Å². The molecule has 0 radical (unpaired) electrons. The fourth-order valence-corrected chi connectivity index (χ4v) is 1.41. The summed E-state index contributed by atoms with van der Waals surface area (Å²) in [7, 11) is 0. The van der Waals surface area contributed by atoms with Crippen LogP contribution in [0.2, 0.25) is 0 Å². The Labute approximate surface area is 99.1 Å². The zero-order valence-electron chi connectivity index (χ0n) is 10.8. The Kier molecular flexibility index (Phi) is 8.91. The molecule has 0 aromatic heterocycles. The zero-order valence-corrected chi connectivity index (χ0v) is 10.8. The molecule has 0 atom stereocenters. The second-order valence-electron chi connectivity index (χ2n) is 4.20. The summed E-state index contributed by atoms with van der Waals surface area (Å²) >= 11 is 0. The SMILES string of the molecule is CCCCN(C/C=C(\C)C(=O)O)CCCC. The Morgan fingerprint density at radius 3 is 2.06 bits per heavy atom. The molecule has 0 amide bonds. The predicted octanol–water partition coefficient (Wildman–Crippen LogP) is 2.92. The van der Waals surface area contributed by atoms with Crippen LogP contribution in [0.25, 0.3) is 0 Å². The fourth-order valence-electron chi connectivity index (χ4n) is 1.41. The van der Waals surface area contributed by atoms with Crippen LogP contribution >= 0.6 is 0 Å². The summed E-state index contributed by atoms with van der Waals surface area (Å²) < 4.78 is 0. The van der Waals surface area contributed by atoms with Crippen molar-refractivity contribution in [3.8, 4) is 0 Å². The van der Waals surface area contributed by atoms with Crippen LogP contribution in [0.3, 0.4) is 0 Å². The quantitative estimate of drug-likeness (QED) is 0.616. The maximum absolute atomic E-state index is 10.7. The minimum absolute atomic E-state index is 0.443. The molecule has 0 aliphatic heterocycles. The van der Waals surface area contributed by atoms with Crippen molar-refractivity contribution in [3.63, 3.8) is 0 Å². The van der Waals surface area contributed by atoms with E-state index in [2.05, 4.69) is 18.7 Å². The van der Waals surface area contributed by atoms with Crippen molar-refractivity contribution in [1.29, 1.82) is 0 Å². The first-order chi connectivity index (χ1) is 7.61. The monoisotopic (exact) mass is 227 g/mol. The maximum Gasteiger partial charge on any atom is 0.330 e. The van der Waals surface area contributed by atoms with Gasteiger partial charge in [0.15, 0.2) is 0 Å². The molecule has 0 fully saturated rings. The highest BCUT2D eigenvalue weighted by molar-refractivity contribution is 5.85. The van der Waals surface area contributed by atoms with E-state index in [0.29, 0.717) is 5.57 Å².